The van der Waals surface area contributed by atoms with Crippen molar-refractivity contribution in [3.05, 3.63) is 0 Å². The zero-order valence-corrected chi connectivity index (χ0v) is 7.76. The number of hydrogen-bond acceptors (Lipinski definition) is 2. The van der Waals surface area contributed by atoms with Crippen LogP contribution in [0.15, 0.2) is 0 Å². The first kappa shape index (κ1) is 10.7. The lowest BCUT2D eigenvalue weighted by atomic mass is 10.1. The second-order valence-electron chi connectivity index (χ2n) is 3.66. The molecule has 0 atom stereocenters. The molecule has 7 heteroatoms. The quantitative estimate of drug-likeness (QED) is 0.583. The lowest BCUT2D eigenvalue weighted by Gasteiger charge is -2.17. The van der Waals surface area contributed by atoms with Crippen LogP contribution in [0.5, 0.6) is 0 Å². The van der Waals surface area contributed by atoms with E-state index in [-0.39, 0.29) is 0 Å². The summed E-state index contributed by atoms with van der Waals surface area (Å²) in [5.41, 5.74) is 0. The highest BCUT2D eigenvalue weighted by molar-refractivity contribution is 7.94. The summed E-state index contributed by atoms with van der Waals surface area (Å²) < 4.78 is 70.3. The van der Waals surface area contributed by atoms with Gasteiger partial charge < -0.3 is 0 Å². The molecule has 1 fully saturated rings. The van der Waals surface area contributed by atoms with E-state index in [1.165, 1.54) is 0 Å². The summed E-state index contributed by atoms with van der Waals surface area (Å²) in [5, 5.41) is -4.94. The molecule has 0 aromatic heterocycles. The lowest BCUT2D eigenvalue weighted by molar-refractivity contribution is -0.150. The van der Waals surface area contributed by atoms with Gasteiger partial charge in [-0.15, -0.1) is 0 Å². The molecular formula is C6H8F4O2S. The minimum atomic E-state index is -5.09. The van der Waals surface area contributed by atoms with Crippen LogP contribution in [-0.2, 0) is 9.84 Å². The second-order valence-corrected chi connectivity index (χ2v) is 6.29. The van der Waals surface area contributed by atoms with Crippen molar-refractivity contribution in [2.75, 3.05) is 0 Å². The highest BCUT2D eigenvalue weighted by Gasteiger charge is 2.76. The Hall–Kier alpha value is -0.330. The molecule has 1 aliphatic rings. The highest BCUT2D eigenvalue weighted by Crippen LogP contribution is 2.55. The maximum atomic E-state index is 12.7. The zero-order chi connectivity index (χ0) is 10.7. The van der Waals surface area contributed by atoms with E-state index >= 15 is 0 Å². The van der Waals surface area contributed by atoms with Crippen molar-refractivity contribution in [3.63, 3.8) is 0 Å². The molecule has 1 heterocycles. The van der Waals surface area contributed by atoms with E-state index in [0.717, 1.165) is 13.8 Å². The van der Waals surface area contributed by atoms with Crippen LogP contribution >= 0.6 is 0 Å². The van der Waals surface area contributed by atoms with Gasteiger partial charge in [-0.1, -0.05) is 0 Å². The molecule has 1 aliphatic heterocycles. The summed E-state index contributed by atoms with van der Waals surface area (Å²) in [5.74, 6) is -4.46. The highest BCUT2D eigenvalue weighted by atomic mass is 32.2. The van der Waals surface area contributed by atoms with Gasteiger partial charge >= 0.3 is 11.2 Å². The van der Waals surface area contributed by atoms with Crippen molar-refractivity contribution in [3.8, 4) is 0 Å². The van der Waals surface area contributed by atoms with E-state index in [2.05, 4.69) is 0 Å². The maximum absolute atomic E-state index is 12.7. The van der Waals surface area contributed by atoms with E-state index in [9.17, 15) is 26.0 Å². The number of rotatable bonds is 0. The fourth-order valence-corrected chi connectivity index (χ4v) is 2.81. The Morgan fingerprint density at radius 2 is 1.46 bits per heavy atom. The average Bonchev–Trinajstić information content (AvgIpc) is 1.88. The standard InChI is InChI=1S/C6H8F4O2S/c1-4(2)3-5(7,8)6(9,10)13(4,11)12/h3H2,1-2H3. The van der Waals surface area contributed by atoms with Gasteiger partial charge in [0.2, 0.25) is 9.84 Å². The smallest absolute Gasteiger partial charge is 0.222 e. The molecule has 0 aromatic rings. The molecule has 0 N–H and O–H groups in total. The van der Waals surface area contributed by atoms with E-state index in [4.69, 9.17) is 0 Å². The Labute approximate surface area is 72.8 Å². The molecule has 0 aromatic carbocycles. The van der Waals surface area contributed by atoms with Gasteiger partial charge in [-0.2, -0.15) is 17.6 Å². The van der Waals surface area contributed by atoms with Crippen LogP contribution in [0.2, 0.25) is 0 Å². The molecule has 1 rings (SSSR count). The van der Waals surface area contributed by atoms with Gasteiger partial charge in [0.1, 0.15) is 0 Å². The molecule has 13 heavy (non-hydrogen) atoms. The molecule has 0 amide bonds. The van der Waals surface area contributed by atoms with Gasteiger partial charge in [0, 0.05) is 6.42 Å². The van der Waals surface area contributed by atoms with Crippen molar-refractivity contribution in [1.29, 1.82) is 0 Å². The topological polar surface area (TPSA) is 34.1 Å². The van der Waals surface area contributed by atoms with Crippen LogP contribution < -0.4 is 0 Å². The monoisotopic (exact) mass is 220 g/mol. The second kappa shape index (κ2) is 2.18. The van der Waals surface area contributed by atoms with Gasteiger partial charge in [0.05, 0.1) is 4.75 Å². The SMILES string of the molecule is CC1(C)CC(F)(F)C(F)(F)S1(=O)=O. The maximum Gasteiger partial charge on any atom is 0.407 e. The van der Waals surface area contributed by atoms with E-state index in [0.29, 0.717) is 0 Å². The molecule has 0 aliphatic carbocycles. The predicted octanol–water partition coefficient (Wildman–Crippen LogP) is 1.81. The molecular weight excluding hydrogens is 212 g/mol. The first-order chi connectivity index (χ1) is 5.46. The van der Waals surface area contributed by atoms with E-state index in [1.54, 1.807) is 0 Å². The van der Waals surface area contributed by atoms with Crippen molar-refractivity contribution in [2.45, 2.75) is 36.2 Å². The Morgan fingerprint density at radius 1 is 1.08 bits per heavy atom. The molecule has 0 spiro atoms. The summed E-state index contributed by atoms with van der Waals surface area (Å²) in [6.07, 6.45) is -1.34. The minimum Gasteiger partial charge on any atom is -0.222 e. The molecule has 0 unspecified atom stereocenters. The molecule has 2 nitrogen and oxygen atoms in total. The van der Waals surface area contributed by atoms with Crippen LogP contribution in [0.4, 0.5) is 17.6 Å². The molecule has 0 bridgehead atoms. The average molecular weight is 220 g/mol. The van der Waals surface area contributed by atoms with Crippen molar-refractivity contribution < 1.29 is 26.0 Å². The summed E-state index contributed by atoms with van der Waals surface area (Å²) in [4.78, 5) is 0. The molecule has 1 saturated heterocycles. The van der Waals surface area contributed by atoms with Gasteiger partial charge in [0.15, 0.2) is 0 Å². The fourth-order valence-electron chi connectivity index (χ4n) is 1.28. The summed E-state index contributed by atoms with van der Waals surface area (Å²) in [6.45, 7) is 1.74. The largest absolute Gasteiger partial charge is 0.407 e. The van der Waals surface area contributed by atoms with Crippen LogP contribution in [0, 0.1) is 0 Å². The molecule has 78 valence electrons. The Bertz CT molecular complexity index is 331. The van der Waals surface area contributed by atoms with Crippen LogP contribution in [0.25, 0.3) is 0 Å². The Balaban J connectivity index is 3.43. The van der Waals surface area contributed by atoms with Crippen molar-refractivity contribution in [2.24, 2.45) is 0 Å². The lowest BCUT2D eigenvalue weighted by Crippen LogP contribution is -2.41. The van der Waals surface area contributed by atoms with Crippen LogP contribution in [0.1, 0.15) is 20.3 Å². The summed E-state index contributed by atoms with van der Waals surface area (Å²) >= 11 is 0. The van der Waals surface area contributed by atoms with Crippen molar-refractivity contribution >= 4 is 9.84 Å². The Morgan fingerprint density at radius 3 is 1.54 bits per heavy atom. The first-order valence-electron chi connectivity index (χ1n) is 3.45. The summed E-state index contributed by atoms with van der Waals surface area (Å²) in [6, 6.07) is 0. The van der Waals surface area contributed by atoms with E-state index in [1.807, 2.05) is 0 Å². The first-order valence-corrected chi connectivity index (χ1v) is 4.94. The number of halogens is 4. The zero-order valence-electron chi connectivity index (χ0n) is 6.94. The fraction of sp³-hybridized carbons (Fsp3) is 1.00. The predicted molar refractivity (Wildman–Crippen MR) is 37.5 cm³/mol. The number of sulfone groups is 1. The van der Waals surface area contributed by atoms with Gasteiger partial charge in [-0.25, -0.2) is 8.42 Å². The van der Waals surface area contributed by atoms with Crippen LogP contribution in [0.3, 0.4) is 0 Å². The van der Waals surface area contributed by atoms with Crippen LogP contribution in [-0.4, -0.2) is 24.3 Å². The number of hydrogen-bond donors (Lipinski definition) is 0. The molecule has 0 saturated carbocycles. The Kier molecular flexibility index (Phi) is 1.81. The third-order valence-electron chi connectivity index (χ3n) is 2.14. The van der Waals surface area contributed by atoms with Crippen molar-refractivity contribution in [1.82, 2.24) is 0 Å². The van der Waals surface area contributed by atoms with Gasteiger partial charge in [-0.3, -0.25) is 0 Å². The van der Waals surface area contributed by atoms with E-state index < -0.39 is 32.2 Å². The minimum absolute atomic E-state index is 0.872. The third kappa shape index (κ3) is 1.02. The summed E-state index contributed by atoms with van der Waals surface area (Å²) in [7, 11) is -5.09. The normalized spacial score (nSPS) is 33.1. The van der Waals surface area contributed by atoms with Gasteiger partial charge in [-0.05, 0) is 13.8 Å². The third-order valence-corrected chi connectivity index (χ3v) is 4.71. The molecule has 0 radical (unpaired) electrons. The number of alkyl halides is 4. The van der Waals surface area contributed by atoms with Gasteiger partial charge in [0.25, 0.3) is 0 Å².